The van der Waals surface area contributed by atoms with Gasteiger partial charge < -0.3 is 14.5 Å². The Morgan fingerprint density at radius 1 is 1.25 bits per heavy atom. The third-order valence-corrected chi connectivity index (χ3v) is 6.31. The van der Waals surface area contributed by atoms with Gasteiger partial charge >= 0.3 is 0 Å². The summed E-state index contributed by atoms with van der Waals surface area (Å²) in [4.78, 5) is 30.5. The van der Waals surface area contributed by atoms with Gasteiger partial charge in [0.15, 0.2) is 0 Å². The van der Waals surface area contributed by atoms with E-state index in [0.717, 1.165) is 12.0 Å². The van der Waals surface area contributed by atoms with Gasteiger partial charge in [-0.05, 0) is 41.5 Å². The molecule has 3 rings (SSSR count). The Labute approximate surface area is 170 Å². The largest absolute Gasteiger partial charge is 0.383 e. The second-order valence-corrected chi connectivity index (χ2v) is 8.06. The summed E-state index contributed by atoms with van der Waals surface area (Å²) in [5.74, 6) is -0.0333. The van der Waals surface area contributed by atoms with Crippen LogP contribution in [0.25, 0.3) is 0 Å². The van der Waals surface area contributed by atoms with Crippen molar-refractivity contribution in [2.45, 2.75) is 32.7 Å². The normalized spacial score (nSPS) is 16.0. The van der Waals surface area contributed by atoms with Crippen molar-refractivity contribution in [2.75, 3.05) is 33.4 Å². The first-order chi connectivity index (χ1) is 13.6. The van der Waals surface area contributed by atoms with E-state index in [1.54, 1.807) is 23.3 Å². The van der Waals surface area contributed by atoms with E-state index in [9.17, 15) is 9.59 Å². The number of fused-ring (bicyclic) bond motifs is 1. The Morgan fingerprint density at radius 3 is 2.75 bits per heavy atom. The van der Waals surface area contributed by atoms with E-state index in [4.69, 9.17) is 4.74 Å². The number of aryl methyl sites for hydroxylation is 1. The molecule has 28 heavy (non-hydrogen) atoms. The molecule has 6 heteroatoms. The average Bonchev–Trinajstić information content (AvgIpc) is 3.19. The Bertz CT molecular complexity index is 833. The molecule has 1 aromatic heterocycles. The molecule has 0 spiro atoms. The average molecular weight is 401 g/mol. The van der Waals surface area contributed by atoms with Gasteiger partial charge in [0.05, 0.1) is 19.2 Å². The standard InChI is InChI=1S/C22H28N2O3S/c1-4-20(25)23(12-13-27-3)15-21(26)24-11-9-19-18(10-14-28-19)22(24)17-8-6-5-7-16(17)2/h5-8,10,14,22H,4,9,11-13,15H2,1-3H3/t22-/m1/s1. The molecule has 2 amide bonds. The monoisotopic (exact) mass is 400 g/mol. The fourth-order valence-corrected chi connectivity index (χ4v) is 4.69. The summed E-state index contributed by atoms with van der Waals surface area (Å²) in [5.41, 5.74) is 3.54. The van der Waals surface area contributed by atoms with Gasteiger partial charge in [0.25, 0.3) is 0 Å². The summed E-state index contributed by atoms with van der Waals surface area (Å²) in [7, 11) is 1.60. The van der Waals surface area contributed by atoms with Crippen LogP contribution in [0.3, 0.4) is 0 Å². The Balaban J connectivity index is 1.89. The number of benzene rings is 1. The lowest BCUT2D eigenvalue weighted by Crippen LogP contribution is -2.47. The highest BCUT2D eigenvalue weighted by Crippen LogP contribution is 2.38. The molecular weight excluding hydrogens is 372 g/mol. The van der Waals surface area contributed by atoms with Crippen molar-refractivity contribution >= 4 is 23.2 Å². The van der Waals surface area contributed by atoms with Gasteiger partial charge in [-0.1, -0.05) is 31.2 Å². The van der Waals surface area contributed by atoms with Gasteiger partial charge in [-0.3, -0.25) is 9.59 Å². The minimum Gasteiger partial charge on any atom is -0.383 e. The van der Waals surface area contributed by atoms with Crippen LogP contribution in [0.4, 0.5) is 0 Å². The highest BCUT2D eigenvalue weighted by atomic mass is 32.1. The quantitative estimate of drug-likeness (QED) is 0.716. The number of thiophene rings is 1. The third-order valence-electron chi connectivity index (χ3n) is 5.32. The number of carbonyl (C=O) groups excluding carboxylic acids is 2. The number of carbonyl (C=O) groups is 2. The number of amides is 2. The molecule has 0 radical (unpaired) electrons. The van der Waals surface area contributed by atoms with Crippen molar-refractivity contribution in [2.24, 2.45) is 0 Å². The smallest absolute Gasteiger partial charge is 0.242 e. The summed E-state index contributed by atoms with van der Waals surface area (Å²) < 4.78 is 5.12. The zero-order valence-electron chi connectivity index (χ0n) is 16.8. The maximum Gasteiger partial charge on any atom is 0.242 e. The summed E-state index contributed by atoms with van der Waals surface area (Å²) in [6.45, 7) is 5.53. The van der Waals surface area contributed by atoms with Crippen LogP contribution in [0.15, 0.2) is 35.7 Å². The van der Waals surface area contributed by atoms with Crippen LogP contribution in [0.5, 0.6) is 0 Å². The predicted molar refractivity (Wildman–Crippen MR) is 112 cm³/mol. The van der Waals surface area contributed by atoms with Crippen molar-refractivity contribution in [3.63, 3.8) is 0 Å². The second-order valence-electron chi connectivity index (χ2n) is 7.06. The number of rotatable bonds is 7. The van der Waals surface area contributed by atoms with E-state index < -0.39 is 0 Å². The van der Waals surface area contributed by atoms with Crippen LogP contribution in [0.2, 0.25) is 0 Å². The lowest BCUT2D eigenvalue weighted by atomic mass is 9.90. The van der Waals surface area contributed by atoms with Gasteiger partial charge in [-0.2, -0.15) is 0 Å². The summed E-state index contributed by atoms with van der Waals surface area (Å²) in [6.07, 6.45) is 1.24. The van der Waals surface area contributed by atoms with Crippen LogP contribution in [0.1, 0.15) is 41.0 Å². The van der Waals surface area contributed by atoms with Gasteiger partial charge in [0.2, 0.25) is 11.8 Å². The van der Waals surface area contributed by atoms with Crippen LogP contribution in [-0.2, 0) is 20.7 Å². The maximum atomic E-state index is 13.3. The van der Waals surface area contributed by atoms with Crippen molar-refractivity contribution in [3.05, 3.63) is 57.3 Å². The minimum absolute atomic E-state index is 0.0111. The van der Waals surface area contributed by atoms with E-state index >= 15 is 0 Å². The molecule has 5 nitrogen and oxygen atoms in total. The van der Waals surface area contributed by atoms with Crippen LogP contribution >= 0.6 is 11.3 Å². The number of ether oxygens (including phenoxy) is 1. The maximum absolute atomic E-state index is 13.3. The molecule has 1 aliphatic rings. The van der Waals surface area contributed by atoms with Crippen molar-refractivity contribution < 1.29 is 14.3 Å². The summed E-state index contributed by atoms with van der Waals surface area (Å²) >= 11 is 1.76. The first-order valence-corrected chi connectivity index (χ1v) is 10.6. The molecule has 2 aromatic rings. The molecule has 0 aliphatic carbocycles. The summed E-state index contributed by atoms with van der Waals surface area (Å²) in [5, 5.41) is 2.11. The fraction of sp³-hybridized carbons (Fsp3) is 0.455. The SMILES string of the molecule is CCC(=O)N(CCOC)CC(=O)N1CCc2sccc2[C@H]1c1ccccc1C. The molecule has 0 saturated heterocycles. The molecule has 150 valence electrons. The van der Waals surface area contributed by atoms with Gasteiger partial charge in [-0.15, -0.1) is 11.3 Å². The molecule has 0 saturated carbocycles. The number of nitrogens with zero attached hydrogens (tertiary/aromatic N) is 2. The predicted octanol–water partition coefficient (Wildman–Crippen LogP) is 3.42. The highest BCUT2D eigenvalue weighted by Gasteiger charge is 2.34. The topological polar surface area (TPSA) is 49.9 Å². The van der Waals surface area contributed by atoms with E-state index in [1.807, 2.05) is 24.0 Å². The van der Waals surface area contributed by atoms with Crippen LogP contribution < -0.4 is 0 Å². The Morgan fingerprint density at radius 2 is 2.04 bits per heavy atom. The Hall–Kier alpha value is -2.18. The minimum atomic E-state index is -0.0929. The first kappa shape index (κ1) is 20.6. The van der Waals surface area contributed by atoms with Crippen LogP contribution in [0, 0.1) is 6.92 Å². The number of hydrogen-bond donors (Lipinski definition) is 0. The fourth-order valence-electron chi connectivity index (χ4n) is 3.79. The van der Waals surface area contributed by atoms with E-state index in [-0.39, 0.29) is 24.4 Å². The summed E-state index contributed by atoms with van der Waals surface area (Å²) in [6, 6.07) is 10.3. The van der Waals surface area contributed by atoms with Crippen molar-refractivity contribution in [1.82, 2.24) is 9.80 Å². The Kier molecular flexibility index (Phi) is 6.86. The number of hydrogen-bond acceptors (Lipinski definition) is 4. The molecule has 0 unspecified atom stereocenters. The molecule has 0 fully saturated rings. The molecular formula is C22H28N2O3S. The van der Waals surface area contributed by atoms with Gasteiger partial charge in [0.1, 0.15) is 0 Å². The molecule has 0 bridgehead atoms. The zero-order valence-corrected chi connectivity index (χ0v) is 17.6. The van der Waals surface area contributed by atoms with Crippen molar-refractivity contribution in [1.29, 1.82) is 0 Å². The molecule has 0 N–H and O–H groups in total. The van der Waals surface area contributed by atoms with Crippen molar-refractivity contribution in [3.8, 4) is 0 Å². The lowest BCUT2D eigenvalue weighted by molar-refractivity contribution is -0.142. The van der Waals surface area contributed by atoms with E-state index in [0.29, 0.717) is 26.1 Å². The van der Waals surface area contributed by atoms with E-state index in [2.05, 4.69) is 30.5 Å². The lowest BCUT2D eigenvalue weighted by Gasteiger charge is -2.38. The molecule has 1 aliphatic heterocycles. The highest BCUT2D eigenvalue weighted by molar-refractivity contribution is 7.10. The molecule has 1 aromatic carbocycles. The zero-order chi connectivity index (χ0) is 20.1. The van der Waals surface area contributed by atoms with E-state index in [1.165, 1.54) is 16.0 Å². The molecule has 1 atom stereocenters. The second kappa shape index (κ2) is 9.34. The van der Waals surface area contributed by atoms with Gasteiger partial charge in [0, 0.05) is 31.5 Å². The van der Waals surface area contributed by atoms with Crippen LogP contribution in [-0.4, -0.2) is 55.0 Å². The first-order valence-electron chi connectivity index (χ1n) is 9.74. The van der Waals surface area contributed by atoms with Gasteiger partial charge in [-0.25, -0.2) is 0 Å². The third kappa shape index (κ3) is 4.28. The molecule has 2 heterocycles. The number of methoxy groups -OCH3 is 1.